The summed E-state index contributed by atoms with van der Waals surface area (Å²) < 4.78 is 0. The highest BCUT2D eigenvalue weighted by Gasteiger charge is 2.30. The molecule has 0 aliphatic heterocycles. The summed E-state index contributed by atoms with van der Waals surface area (Å²) in [5.41, 5.74) is 14.3. The van der Waals surface area contributed by atoms with E-state index in [0.717, 1.165) is 5.69 Å². The standard InChI is InChI=1S/C33H27N/c1-22-12-21-30-29-10-6-7-11-31(29)33(32(30)23(22)2)34-28-19-17-27(18-20-28)26-15-13-25(14-16-26)24-8-4-3-5-9-24/h3-21,33-34H,1-2H3. The first kappa shape index (κ1) is 20.5. The van der Waals surface area contributed by atoms with Gasteiger partial charge < -0.3 is 5.32 Å². The summed E-state index contributed by atoms with van der Waals surface area (Å²) in [6.45, 7) is 4.45. The van der Waals surface area contributed by atoms with Gasteiger partial charge in [-0.2, -0.15) is 0 Å². The molecule has 0 saturated carbocycles. The van der Waals surface area contributed by atoms with E-state index in [1.54, 1.807) is 0 Å². The Bertz CT molecular complexity index is 1460. The fraction of sp³-hybridized carbons (Fsp3) is 0.0909. The number of hydrogen-bond acceptors (Lipinski definition) is 1. The van der Waals surface area contributed by atoms with Crippen LogP contribution in [0, 0.1) is 13.8 Å². The number of rotatable bonds is 4. The molecule has 5 aromatic carbocycles. The van der Waals surface area contributed by atoms with Crippen molar-refractivity contribution < 1.29 is 0 Å². The van der Waals surface area contributed by atoms with Crippen LogP contribution in [0.4, 0.5) is 5.69 Å². The van der Waals surface area contributed by atoms with Crippen molar-refractivity contribution >= 4 is 5.69 Å². The predicted octanol–water partition coefficient (Wildman–Crippen LogP) is 8.82. The van der Waals surface area contributed by atoms with Gasteiger partial charge in [-0.3, -0.25) is 0 Å². The minimum Gasteiger partial charge on any atom is -0.374 e. The Morgan fingerprint density at radius 2 is 1.06 bits per heavy atom. The van der Waals surface area contributed by atoms with Gasteiger partial charge >= 0.3 is 0 Å². The van der Waals surface area contributed by atoms with Crippen molar-refractivity contribution in [2.45, 2.75) is 19.9 Å². The number of anilines is 1. The van der Waals surface area contributed by atoms with E-state index >= 15 is 0 Å². The zero-order valence-electron chi connectivity index (χ0n) is 19.5. The van der Waals surface area contributed by atoms with E-state index in [1.807, 2.05) is 0 Å². The van der Waals surface area contributed by atoms with Gasteiger partial charge in [-0.15, -0.1) is 0 Å². The van der Waals surface area contributed by atoms with E-state index in [4.69, 9.17) is 0 Å². The molecule has 0 amide bonds. The van der Waals surface area contributed by atoms with E-state index in [0.29, 0.717) is 0 Å². The third-order valence-electron chi connectivity index (χ3n) is 7.16. The summed E-state index contributed by atoms with van der Waals surface area (Å²) in [7, 11) is 0. The quantitative estimate of drug-likeness (QED) is 0.296. The molecule has 1 nitrogen and oxygen atoms in total. The smallest absolute Gasteiger partial charge is 0.0782 e. The van der Waals surface area contributed by atoms with Crippen LogP contribution in [0.3, 0.4) is 0 Å². The van der Waals surface area contributed by atoms with Crippen LogP contribution in [0.1, 0.15) is 28.3 Å². The third kappa shape index (κ3) is 3.50. The maximum absolute atomic E-state index is 3.83. The van der Waals surface area contributed by atoms with E-state index in [2.05, 4.69) is 134 Å². The molecule has 1 atom stereocenters. The summed E-state index contributed by atoms with van der Waals surface area (Å²) in [5.74, 6) is 0. The van der Waals surface area contributed by atoms with Gasteiger partial charge in [0.05, 0.1) is 6.04 Å². The Morgan fingerprint density at radius 3 is 1.74 bits per heavy atom. The molecule has 1 aliphatic carbocycles. The van der Waals surface area contributed by atoms with E-state index < -0.39 is 0 Å². The molecule has 0 aromatic heterocycles. The maximum atomic E-state index is 3.83. The van der Waals surface area contributed by atoms with Crippen LogP contribution in [0.25, 0.3) is 33.4 Å². The van der Waals surface area contributed by atoms with Gasteiger partial charge in [-0.25, -0.2) is 0 Å². The van der Waals surface area contributed by atoms with Crippen LogP contribution >= 0.6 is 0 Å². The lowest BCUT2D eigenvalue weighted by molar-refractivity contribution is 0.956. The second-order valence-corrected chi connectivity index (χ2v) is 9.15. The van der Waals surface area contributed by atoms with Crippen molar-refractivity contribution in [1.82, 2.24) is 0 Å². The molecule has 34 heavy (non-hydrogen) atoms. The normalized spacial score (nSPS) is 13.9. The van der Waals surface area contributed by atoms with Gasteiger partial charge in [0, 0.05) is 5.69 Å². The van der Waals surface area contributed by atoms with E-state index in [-0.39, 0.29) is 6.04 Å². The lowest BCUT2D eigenvalue weighted by Gasteiger charge is -2.20. The molecule has 1 heteroatoms. The molecule has 1 N–H and O–H groups in total. The minimum absolute atomic E-state index is 0.169. The summed E-state index contributed by atoms with van der Waals surface area (Å²) in [6.07, 6.45) is 0. The number of fused-ring (bicyclic) bond motifs is 3. The second kappa shape index (κ2) is 8.35. The molecule has 0 spiro atoms. The summed E-state index contributed by atoms with van der Waals surface area (Å²) in [5, 5.41) is 3.83. The van der Waals surface area contributed by atoms with Crippen LogP contribution in [0.2, 0.25) is 0 Å². The molecule has 0 radical (unpaired) electrons. The van der Waals surface area contributed by atoms with E-state index in [9.17, 15) is 0 Å². The van der Waals surface area contributed by atoms with Crippen molar-refractivity contribution in [3.63, 3.8) is 0 Å². The molecule has 1 unspecified atom stereocenters. The fourth-order valence-corrected chi connectivity index (χ4v) is 5.16. The van der Waals surface area contributed by atoms with Gasteiger partial charge in [0.15, 0.2) is 0 Å². The van der Waals surface area contributed by atoms with Crippen molar-refractivity contribution in [3.05, 3.63) is 138 Å². The monoisotopic (exact) mass is 437 g/mol. The lowest BCUT2D eigenvalue weighted by atomic mass is 9.95. The topological polar surface area (TPSA) is 12.0 Å². The first-order chi connectivity index (χ1) is 16.7. The summed E-state index contributed by atoms with van der Waals surface area (Å²) in [4.78, 5) is 0. The molecule has 0 saturated heterocycles. The average molecular weight is 438 g/mol. The van der Waals surface area contributed by atoms with Crippen molar-refractivity contribution in [3.8, 4) is 33.4 Å². The molecule has 1 aliphatic rings. The largest absolute Gasteiger partial charge is 0.374 e. The van der Waals surface area contributed by atoms with Crippen molar-refractivity contribution in [1.29, 1.82) is 0 Å². The molecular weight excluding hydrogens is 410 g/mol. The summed E-state index contributed by atoms with van der Waals surface area (Å²) >= 11 is 0. The van der Waals surface area contributed by atoms with Gasteiger partial charge in [0.1, 0.15) is 0 Å². The van der Waals surface area contributed by atoms with E-state index in [1.165, 1.54) is 55.6 Å². The SMILES string of the molecule is Cc1ccc2c(c1C)C(Nc1ccc(-c3ccc(-c4ccccc4)cc3)cc1)c1ccccc1-2. The maximum Gasteiger partial charge on any atom is 0.0782 e. The molecule has 0 bridgehead atoms. The lowest BCUT2D eigenvalue weighted by Crippen LogP contribution is -2.11. The fourth-order valence-electron chi connectivity index (χ4n) is 5.16. The van der Waals surface area contributed by atoms with Gasteiger partial charge in [-0.05, 0) is 81.6 Å². The molecule has 164 valence electrons. The zero-order chi connectivity index (χ0) is 23.1. The van der Waals surface area contributed by atoms with Crippen LogP contribution in [0.5, 0.6) is 0 Å². The Labute approximate surface area is 201 Å². The Hall–Kier alpha value is -4.10. The molecule has 5 aromatic rings. The predicted molar refractivity (Wildman–Crippen MR) is 144 cm³/mol. The van der Waals surface area contributed by atoms with Crippen molar-refractivity contribution in [2.24, 2.45) is 0 Å². The van der Waals surface area contributed by atoms with Crippen LogP contribution in [-0.2, 0) is 0 Å². The number of benzene rings is 5. The second-order valence-electron chi connectivity index (χ2n) is 9.15. The van der Waals surface area contributed by atoms with Crippen molar-refractivity contribution in [2.75, 3.05) is 5.32 Å². The molecule has 0 heterocycles. The first-order valence-electron chi connectivity index (χ1n) is 11.9. The number of aryl methyl sites for hydroxylation is 1. The minimum atomic E-state index is 0.169. The highest BCUT2D eigenvalue weighted by molar-refractivity contribution is 5.82. The molecular formula is C33H27N. The molecule has 0 fully saturated rings. The summed E-state index contributed by atoms with van der Waals surface area (Å²) in [6, 6.07) is 41.6. The Morgan fingerprint density at radius 1 is 0.500 bits per heavy atom. The number of hydrogen-bond donors (Lipinski definition) is 1. The zero-order valence-corrected chi connectivity index (χ0v) is 19.5. The third-order valence-corrected chi connectivity index (χ3v) is 7.16. The highest BCUT2D eigenvalue weighted by Crippen LogP contribution is 2.47. The van der Waals surface area contributed by atoms with Gasteiger partial charge in [-0.1, -0.05) is 103 Å². The average Bonchev–Trinajstić information content (AvgIpc) is 3.21. The Balaban J connectivity index is 1.28. The van der Waals surface area contributed by atoms with Crippen LogP contribution in [-0.4, -0.2) is 0 Å². The highest BCUT2D eigenvalue weighted by atomic mass is 14.9. The van der Waals surface area contributed by atoms with Gasteiger partial charge in [0.2, 0.25) is 0 Å². The molecule has 6 rings (SSSR count). The first-order valence-corrected chi connectivity index (χ1v) is 11.9. The van der Waals surface area contributed by atoms with Crippen LogP contribution in [0.15, 0.2) is 115 Å². The number of nitrogens with one attached hydrogen (secondary N) is 1. The Kier molecular flexibility index (Phi) is 5.04. The van der Waals surface area contributed by atoms with Gasteiger partial charge in [0.25, 0.3) is 0 Å². The van der Waals surface area contributed by atoms with Crippen LogP contribution < -0.4 is 5.32 Å².